The molecular formula is C13H17FN2O. The van der Waals surface area contributed by atoms with Crippen LogP contribution in [0.4, 0.5) is 10.1 Å². The summed E-state index contributed by atoms with van der Waals surface area (Å²) in [4.78, 5) is 13.8. The number of carbonyl (C=O) groups excluding carboxylic acids is 1. The summed E-state index contributed by atoms with van der Waals surface area (Å²) in [5, 5.41) is 0. The molecule has 0 fully saturated rings. The molecule has 2 N–H and O–H groups in total. The molecule has 1 aliphatic rings. The first kappa shape index (κ1) is 12.0. The number of hydrogen-bond donors (Lipinski definition) is 1. The molecular weight excluding hydrogens is 219 g/mol. The SMILES string of the molecule is CCC(C)(N)C(=O)N1CCc2ccc(F)cc21. The van der Waals surface area contributed by atoms with Crippen molar-refractivity contribution in [2.75, 3.05) is 11.4 Å². The lowest BCUT2D eigenvalue weighted by atomic mass is 9.98. The summed E-state index contributed by atoms with van der Waals surface area (Å²) >= 11 is 0. The van der Waals surface area contributed by atoms with E-state index in [0.717, 1.165) is 12.0 Å². The van der Waals surface area contributed by atoms with Gasteiger partial charge >= 0.3 is 0 Å². The summed E-state index contributed by atoms with van der Waals surface area (Å²) in [5.74, 6) is -0.456. The lowest BCUT2D eigenvalue weighted by Gasteiger charge is -2.28. The Morgan fingerprint density at radius 1 is 1.59 bits per heavy atom. The highest BCUT2D eigenvalue weighted by Crippen LogP contribution is 2.30. The number of anilines is 1. The maximum atomic E-state index is 13.2. The van der Waals surface area contributed by atoms with Crippen molar-refractivity contribution in [1.29, 1.82) is 0 Å². The van der Waals surface area contributed by atoms with Crippen molar-refractivity contribution in [3.63, 3.8) is 0 Å². The minimum atomic E-state index is -0.881. The molecule has 0 saturated heterocycles. The Kier molecular flexibility index (Phi) is 2.91. The van der Waals surface area contributed by atoms with E-state index in [1.807, 2.05) is 6.92 Å². The molecule has 92 valence electrons. The molecule has 0 spiro atoms. The number of halogens is 1. The van der Waals surface area contributed by atoms with Crippen LogP contribution in [-0.2, 0) is 11.2 Å². The van der Waals surface area contributed by atoms with Crippen molar-refractivity contribution >= 4 is 11.6 Å². The van der Waals surface area contributed by atoms with E-state index < -0.39 is 5.54 Å². The summed E-state index contributed by atoms with van der Waals surface area (Å²) in [5.41, 5.74) is 6.74. The van der Waals surface area contributed by atoms with Gasteiger partial charge in [0.1, 0.15) is 5.82 Å². The lowest BCUT2D eigenvalue weighted by Crippen LogP contribution is -2.52. The molecule has 1 aromatic rings. The molecule has 0 saturated carbocycles. The van der Waals surface area contributed by atoms with Gasteiger partial charge in [-0.25, -0.2) is 4.39 Å². The molecule has 0 bridgehead atoms. The average molecular weight is 236 g/mol. The third kappa shape index (κ3) is 2.05. The van der Waals surface area contributed by atoms with Gasteiger partial charge in [0.2, 0.25) is 5.91 Å². The fourth-order valence-electron chi connectivity index (χ4n) is 2.02. The minimum Gasteiger partial charge on any atom is -0.318 e. The van der Waals surface area contributed by atoms with Gasteiger partial charge in [-0.3, -0.25) is 4.79 Å². The van der Waals surface area contributed by atoms with E-state index in [2.05, 4.69) is 0 Å². The smallest absolute Gasteiger partial charge is 0.246 e. The van der Waals surface area contributed by atoms with Gasteiger partial charge in [0.05, 0.1) is 5.54 Å². The van der Waals surface area contributed by atoms with Crippen molar-refractivity contribution in [2.45, 2.75) is 32.2 Å². The van der Waals surface area contributed by atoms with Crippen LogP contribution in [0.15, 0.2) is 18.2 Å². The Bertz CT molecular complexity index is 457. The van der Waals surface area contributed by atoms with Crippen LogP contribution in [0.2, 0.25) is 0 Å². The van der Waals surface area contributed by atoms with Crippen molar-refractivity contribution in [3.8, 4) is 0 Å². The molecule has 0 radical (unpaired) electrons. The van der Waals surface area contributed by atoms with Crippen LogP contribution in [0, 0.1) is 5.82 Å². The van der Waals surface area contributed by atoms with Crippen molar-refractivity contribution in [3.05, 3.63) is 29.6 Å². The Morgan fingerprint density at radius 2 is 2.29 bits per heavy atom. The Balaban J connectivity index is 2.34. The van der Waals surface area contributed by atoms with E-state index in [1.54, 1.807) is 17.9 Å². The molecule has 1 unspecified atom stereocenters. The molecule has 1 aromatic carbocycles. The largest absolute Gasteiger partial charge is 0.318 e. The number of carbonyl (C=O) groups is 1. The van der Waals surface area contributed by atoms with Crippen molar-refractivity contribution in [2.24, 2.45) is 5.73 Å². The van der Waals surface area contributed by atoms with E-state index in [1.165, 1.54) is 12.1 Å². The summed E-state index contributed by atoms with van der Waals surface area (Å²) in [6.07, 6.45) is 1.33. The maximum absolute atomic E-state index is 13.2. The van der Waals surface area contributed by atoms with E-state index in [-0.39, 0.29) is 11.7 Å². The zero-order valence-corrected chi connectivity index (χ0v) is 10.2. The number of rotatable bonds is 2. The first-order valence-corrected chi connectivity index (χ1v) is 5.85. The van der Waals surface area contributed by atoms with Crippen LogP contribution in [0.3, 0.4) is 0 Å². The molecule has 2 rings (SSSR count). The minimum absolute atomic E-state index is 0.135. The van der Waals surface area contributed by atoms with E-state index in [4.69, 9.17) is 5.73 Å². The van der Waals surface area contributed by atoms with Crippen LogP contribution in [-0.4, -0.2) is 18.0 Å². The number of nitrogens with two attached hydrogens (primary N) is 1. The predicted molar refractivity (Wildman–Crippen MR) is 65.3 cm³/mol. The Hall–Kier alpha value is -1.42. The van der Waals surface area contributed by atoms with Crippen LogP contribution in [0.5, 0.6) is 0 Å². The first-order valence-electron chi connectivity index (χ1n) is 5.85. The normalized spacial score (nSPS) is 17.8. The average Bonchev–Trinajstić information content (AvgIpc) is 2.70. The molecule has 3 nitrogen and oxygen atoms in total. The van der Waals surface area contributed by atoms with E-state index in [0.29, 0.717) is 18.7 Å². The quantitative estimate of drug-likeness (QED) is 0.851. The Morgan fingerprint density at radius 3 is 2.94 bits per heavy atom. The van der Waals surface area contributed by atoms with E-state index in [9.17, 15) is 9.18 Å². The Labute approximate surface area is 100 Å². The number of hydrogen-bond acceptors (Lipinski definition) is 2. The van der Waals surface area contributed by atoms with Gasteiger partial charge in [-0.15, -0.1) is 0 Å². The third-order valence-corrected chi connectivity index (χ3v) is 3.41. The fraction of sp³-hybridized carbons (Fsp3) is 0.462. The molecule has 0 aromatic heterocycles. The summed E-state index contributed by atoms with van der Waals surface area (Å²) < 4.78 is 13.2. The summed E-state index contributed by atoms with van der Waals surface area (Å²) in [6, 6.07) is 4.57. The van der Waals surface area contributed by atoms with Gasteiger partial charge in [-0.2, -0.15) is 0 Å². The topological polar surface area (TPSA) is 46.3 Å². The highest BCUT2D eigenvalue weighted by molar-refractivity contribution is 6.01. The molecule has 0 aliphatic carbocycles. The maximum Gasteiger partial charge on any atom is 0.246 e. The van der Waals surface area contributed by atoms with Crippen LogP contribution >= 0.6 is 0 Å². The zero-order valence-electron chi connectivity index (χ0n) is 10.2. The fourth-order valence-corrected chi connectivity index (χ4v) is 2.02. The van der Waals surface area contributed by atoms with Crippen molar-refractivity contribution in [1.82, 2.24) is 0 Å². The standard InChI is InChI=1S/C13H17FN2O/c1-3-13(2,15)12(17)16-7-6-9-4-5-10(14)8-11(9)16/h4-5,8H,3,6-7,15H2,1-2H3. The molecule has 1 aliphatic heterocycles. The van der Waals surface area contributed by atoms with Gasteiger partial charge < -0.3 is 10.6 Å². The number of amides is 1. The second-order valence-corrected chi connectivity index (χ2v) is 4.75. The first-order chi connectivity index (χ1) is 7.95. The van der Waals surface area contributed by atoms with Gasteiger partial charge in [0, 0.05) is 12.2 Å². The van der Waals surface area contributed by atoms with E-state index >= 15 is 0 Å². The molecule has 4 heteroatoms. The molecule has 1 heterocycles. The van der Waals surface area contributed by atoms with Gasteiger partial charge in [0.25, 0.3) is 0 Å². The van der Waals surface area contributed by atoms with Gasteiger partial charge in [-0.1, -0.05) is 13.0 Å². The van der Waals surface area contributed by atoms with Gasteiger partial charge in [0.15, 0.2) is 0 Å². The monoisotopic (exact) mass is 236 g/mol. The molecule has 1 amide bonds. The summed E-state index contributed by atoms with van der Waals surface area (Å²) in [7, 11) is 0. The van der Waals surface area contributed by atoms with Gasteiger partial charge in [-0.05, 0) is 37.5 Å². The number of fused-ring (bicyclic) bond motifs is 1. The second-order valence-electron chi connectivity index (χ2n) is 4.75. The van der Waals surface area contributed by atoms with Crippen LogP contribution in [0.1, 0.15) is 25.8 Å². The molecule has 1 atom stereocenters. The highest BCUT2D eigenvalue weighted by Gasteiger charge is 2.34. The highest BCUT2D eigenvalue weighted by atomic mass is 19.1. The lowest BCUT2D eigenvalue weighted by molar-refractivity contribution is -0.123. The molecule has 17 heavy (non-hydrogen) atoms. The third-order valence-electron chi connectivity index (χ3n) is 3.41. The van der Waals surface area contributed by atoms with Crippen LogP contribution in [0.25, 0.3) is 0 Å². The zero-order chi connectivity index (χ0) is 12.6. The predicted octanol–water partition coefficient (Wildman–Crippen LogP) is 1.84. The van der Waals surface area contributed by atoms with Crippen molar-refractivity contribution < 1.29 is 9.18 Å². The summed E-state index contributed by atoms with van der Waals surface area (Å²) in [6.45, 7) is 4.18. The van der Waals surface area contributed by atoms with Crippen LogP contribution < -0.4 is 10.6 Å². The number of benzene rings is 1. The number of nitrogens with zero attached hydrogens (tertiary/aromatic N) is 1. The second kappa shape index (κ2) is 4.11.